The molecule has 0 bridgehead atoms. The van der Waals surface area contributed by atoms with Crippen molar-refractivity contribution < 1.29 is 4.79 Å². The van der Waals surface area contributed by atoms with E-state index in [0.29, 0.717) is 10.7 Å². The van der Waals surface area contributed by atoms with Gasteiger partial charge in [0.05, 0.1) is 18.6 Å². The van der Waals surface area contributed by atoms with Crippen molar-refractivity contribution >= 4 is 34.4 Å². The number of hydrogen-bond acceptors (Lipinski definition) is 5. The van der Waals surface area contributed by atoms with Crippen LogP contribution >= 0.6 is 11.6 Å². The third-order valence-electron chi connectivity index (χ3n) is 5.07. The summed E-state index contributed by atoms with van der Waals surface area (Å²) >= 11 is 6.17. The van der Waals surface area contributed by atoms with Gasteiger partial charge < -0.3 is 14.5 Å². The molecule has 10 nitrogen and oxygen atoms in total. The lowest BCUT2D eigenvalue weighted by atomic mass is 10.2. The highest BCUT2D eigenvalue weighted by Crippen LogP contribution is 2.16. The third kappa shape index (κ3) is 3.87. The van der Waals surface area contributed by atoms with Crippen molar-refractivity contribution in [2.45, 2.75) is 13.1 Å². The number of fused-ring (bicyclic) bond motifs is 1. The number of nitrogens with zero attached hydrogens (tertiary/aromatic N) is 5. The highest BCUT2D eigenvalue weighted by molar-refractivity contribution is 6.31. The first kappa shape index (κ1) is 21.3. The van der Waals surface area contributed by atoms with E-state index in [4.69, 9.17) is 11.6 Å². The molecule has 3 heterocycles. The van der Waals surface area contributed by atoms with Gasteiger partial charge in [-0.15, -0.1) is 0 Å². The van der Waals surface area contributed by atoms with Crippen molar-refractivity contribution in [1.29, 1.82) is 0 Å². The van der Waals surface area contributed by atoms with E-state index in [9.17, 15) is 19.2 Å². The Labute approximate surface area is 185 Å². The zero-order valence-corrected chi connectivity index (χ0v) is 18.0. The Kier molecular flexibility index (Phi) is 5.54. The van der Waals surface area contributed by atoms with Gasteiger partial charge in [0.2, 0.25) is 5.91 Å². The minimum absolute atomic E-state index is 0.216. The predicted molar refractivity (Wildman–Crippen MR) is 120 cm³/mol. The lowest BCUT2D eigenvalue weighted by molar-refractivity contribution is -0.116. The third-order valence-corrected chi connectivity index (χ3v) is 5.44. The smallest absolute Gasteiger partial charge is 0.328 e. The number of rotatable bonds is 5. The maximum absolute atomic E-state index is 12.8. The number of hydrogen-bond donors (Lipinski definition) is 1. The monoisotopic (exact) mass is 454 g/mol. The largest absolute Gasteiger partial charge is 0.332 e. The average Bonchev–Trinajstić information content (AvgIpc) is 3.15. The van der Waals surface area contributed by atoms with E-state index >= 15 is 0 Å². The van der Waals surface area contributed by atoms with Gasteiger partial charge in [-0.3, -0.25) is 19.0 Å². The van der Waals surface area contributed by atoms with E-state index < -0.39 is 23.7 Å². The Morgan fingerprint density at radius 3 is 2.59 bits per heavy atom. The Morgan fingerprint density at radius 2 is 1.84 bits per heavy atom. The summed E-state index contributed by atoms with van der Waals surface area (Å²) in [6.45, 7) is -0.268. The summed E-state index contributed by atoms with van der Waals surface area (Å²) < 4.78 is 4.97. The van der Waals surface area contributed by atoms with Crippen LogP contribution in [0.1, 0.15) is 5.56 Å². The number of carbonyl (C=O) groups excluding carboxylic acids is 1. The van der Waals surface area contributed by atoms with Gasteiger partial charge in [-0.2, -0.15) is 0 Å². The van der Waals surface area contributed by atoms with Crippen LogP contribution in [-0.4, -0.2) is 29.2 Å². The number of nitrogens with one attached hydrogen (secondary N) is 1. The van der Waals surface area contributed by atoms with E-state index in [1.165, 1.54) is 45.4 Å². The quantitative estimate of drug-likeness (QED) is 0.482. The molecular weight excluding hydrogens is 436 g/mol. The summed E-state index contributed by atoms with van der Waals surface area (Å²) in [6, 6.07) is 9.91. The van der Waals surface area contributed by atoms with Gasteiger partial charge in [-0.1, -0.05) is 29.8 Å². The lowest BCUT2D eigenvalue weighted by Gasteiger charge is -2.12. The standard InChI is InChI=1S/C21H19ClN6O4/c1-25-12-23-19-18(25)20(31)28(21(32)26(19)2)11-16(29)24-14-7-8-17(30)27(10-14)9-13-5-3-4-6-15(13)22/h3-8,10,12H,9,11H2,1-2H3,(H,24,29). The fraction of sp³-hybridized carbons (Fsp3) is 0.190. The van der Waals surface area contributed by atoms with Crippen LogP contribution in [0.25, 0.3) is 11.2 Å². The molecule has 0 aliphatic rings. The molecule has 32 heavy (non-hydrogen) atoms. The summed E-state index contributed by atoms with van der Waals surface area (Å²) in [5, 5.41) is 3.15. The zero-order valence-electron chi connectivity index (χ0n) is 17.3. The van der Waals surface area contributed by atoms with E-state index in [1.54, 1.807) is 25.2 Å². The number of aryl methyl sites for hydroxylation is 2. The molecular formula is C21H19ClN6O4. The molecule has 1 amide bonds. The van der Waals surface area contributed by atoms with Crippen molar-refractivity contribution in [3.8, 4) is 0 Å². The Morgan fingerprint density at radius 1 is 1.09 bits per heavy atom. The van der Waals surface area contributed by atoms with Gasteiger partial charge in [0, 0.05) is 31.4 Å². The number of anilines is 1. The van der Waals surface area contributed by atoms with Gasteiger partial charge in [0.15, 0.2) is 11.2 Å². The first-order valence-corrected chi connectivity index (χ1v) is 9.98. The molecule has 0 radical (unpaired) electrons. The average molecular weight is 455 g/mol. The van der Waals surface area contributed by atoms with Crippen molar-refractivity contribution in [3.05, 3.63) is 90.7 Å². The van der Waals surface area contributed by atoms with Gasteiger partial charge in [0.25, 0.3) is 11.1 Å². The zero-order chi connectivity index (χ0) is 23.0. The van der Waals surface area contributed by atoms with E-state index in [2.05, 4.69) is 10.3 Å². The van der Waals surface area contributed by atoms with Crippen LogP contribution in [-0.2, 0) is 32.0 Å². The summed E-state index contributed by atoms with van der Waals surface area (Å²) in [6.07, 6.45) is 2.91. The number of imidazole rings is 1. The lowest BCUT2D eigenvalue weighted by Crippen LogP contribution is -2.42. The van der Waals surface area contributed by atoms with Gasteiger partial charge in [-0.25, -0.2) is 14.3 Å². The summed E-state index contributed by atoms with van der Waals surface area (Å²) in [5.74, 6) is -0.589. The molecule has 0 fully saturated rings. The second kappa shape index (κ2) is 8.31. The molecule has 0 unspecified atom stereocenters. The molecule has 164 valence electrons. The van der Waals surface area contributed by atoms with Crippen molar-refractivity contribution in [2.24, 2.45) is 14.1 Å². The molecule has 0 spiro atoms. The van der Waals surface area contributed by atoms with Crippen LogP contribution in [0.3, 0.4) is 0 Å². The molecule has 0 aliphatic carbocycles. The number of amides is 1. The molecule has 1 N–H and O–H groups in total. The molecule has 4 rings (SSSR count). The molecule has 3 aromatic heterocycles. The molecule has 0 saturated carbocycles. The Hall–Kier alpha value is -3.92. The van der Waals surface area contributed by atoms with Crippen LogP contribution in [0.4, 0.5) is 5.69 Å². The first-order valence-electron chi connectivity index (χ1n) is 9.61. The number of carbonyl (C=O) groups is 1. The topological polar surface area (TPSA) is 113 Å². The number of halogens is 1. The summed E-state index contributed by atoms with van der Waals surface area (Å²) in [4.78, 5) is 54.2. The molecule has 0 saturated heterocycles. The highest BCUT2D eigenvalue weighted by Gasteiger charge is 2.17. The Bertz CT molecular complexity index is 1530. The van der Waals surface area contributed by atoms with Gasteiger partial charge in [0.1, 0.15) is 6.54 Å². The number of aromatic nitrogens is 5. The predicted octanol–water partition coefficient (Wildman–Crippen LogP) is 0.936. The molecule has 0 atom stereocenters. The van der Waals surface area contributed by atoms with Gasteiger partial charge >= 0.3 is 5.69 Å². The van der Waals surface area contributed by atoms with Crippen LogP contribution < -0.4 is 22.1 Å². The minimum atomic E-state index is -0.653. The second-order valence-electron chi connectivity index (χ2n) is 7.28. The fourth-order valence-electron chi connectivity index (χ4n) is 3.42. The summed E-state index contributed by atoms with van der Waals surface area (Å²) in [7, 11) is 3.12. The normalized spacial score (nSPS) is 11.1. The summed E-state index contributed by atoms with van der Waals surface area (Å²) in [5.41, 5.74) is 0.0167. The van der Waals surface area contributed by atoms with Crippen LogP contribution in [0, 0.1) is 0 Å². The maximum atomic E-state index is 12.8. The molecule has 1 aromatic carbocycles. The number of pyridine rings is 1. The van der Waals surface area contributed by atoms with Crippen molar-refractivity contribution in [2.75, 3.05) is 5.32 Å². The molecule has 4 aromatic rings. The van der Waals surface area contributed by atoms with E-state index in [0.717, 1.165) is 10.1 Å². The number of benzene rings is 1. The molecule has 11 heteroatoms. The van der Waals surface area contributed by atoms with Crippen molar-refractivity contribution in [1.82, 2.24) is 23.3 Å². The van der Waals surface area contributed by atoms with Crippen LogP contribution in [0.5, 0.6) is 0 Å². The molecule has 0 aliphatic heterocycles. The first-order chi connectivity index (χ1) is 15.3. The van der Waals surface area contributed by atoms with Crippen LogP contribution in [0.15, 0.2) is 63.3 Å². The second-order valence-corrected chi connectivity index (χ2v) is 7.69. The fourth-order valence-corrected chi connectivity index (χ4v) is 3.61. The van der Waals surface area contributed by atoms with E-state index in [-0.39, 0.29) is 23.3 Å². The minimum Gasteiger partial charge on any atom is -0.328 e. The van der Waals surface area contributed by atoms with Gasteiger partial charge in [-0.05, 0) is 17.7 Å². The Balaban J connectivity index is 1.60. The van der Waals surface area contributed by atoms with Crippen LogP contribution in [0.2, 0.25) is 5.02 Å². The maximum Gasteiger partial charge on any atom is 0.332 e. The highest BCUT2D eigenvalue weighted by atomic mass is 35.5. The van der Waals surface area contributed by atoms with Crippen molar-refractivity contribution in [3.63, 3.8) is 0 Å². The van der Waals surface area contributed by atoms with E-state index in [1.807, 2.05) is 6.07 Å². The SMILES string of the molecule is Cn1cnc2c1c(=O)n(CC(=O)Nc1ccc(=O)n(Cc3ccccc3Cl)c1)c(=O)n2C.